The number of aromatic nitrogens is 2. The Morgan fingerprint density at radius 1 is 0.836 bits per heavy atom. The molecule has 1 aromatic heterocycles. The van der Waals surface area contributed by atoms with Crippen LogP contribution in [0.3, 0.4) is 0 Å². The Hall–Kier alpha value is -2.17. The molecule has 7 N–H and O–H groups in total. The summed E-state index contributed by atoms with van der Waals surface area (Å²) in [4.78, 5) is 26.0. The summed E-state index contributed by atoms with van der Waals surface area (Å²) >= 11 is 0. The smallest absolute Gasteiger partial charge is 0.201 e. The Morgan fingerprint density at radius 2 is 1.45 bits per heavy atom. The van der Waals surface area contributed by atoms with Crippen LogP contribution in [0.1, 0.15) is 136 Å². The van der Waals surface area contributed by atoms with Crippen molar-refractivity contribution >= 4 is 5.78 Å². The quantitative estimate of drug-likeness (QED) is 0.208. The van der Waals surface area contributed by atoms with Crippen LogP contribution in [0.2, 0.25) is 0 Å². The molecule has 1 aromatic rings. The highest BCUT2D eigenvalue weighted by Crippen LogP contribution is 2.72. The molecule has 4 heterocycles. The van der Waals surface area contributed by atoms with Crippen molar-refractivity contribution in [2.24, 2.45) is 74.9 Å². The van der Waals surface area contributed by atoms with Gasteiger partial charge in [-0.25, -0.2) is 0 Å². The molecule has 3 aliphatic heterocycles. The van der Waals surface area contributed by atoms with Gasteiger partial charge in [-0.15, -0.1) is 0 Å². The maximum absolute atomic E-state index is 14.8. The number of rotatable bonds is 4. The minimum absolute atomic E-state index is 0.0382. The molecule has 13 nitrogen and oxygen atoms in total. The summed E-state index contributed by atoms with van der Waals surface area (Å²) in [6.07, 6.45) is 9.46. The molecule has 0 bridgehead atoms. The van der Waals surface area contributed by atoms with Crippen molar-refractivity contribution in [3.8, 4) is 0 Å². The van der Waals surface area contributed by atoms with E-state index in [2.05, 4.69) is 26.0 Å². The number of carbonyl (C=O) groups excluding carboxylic acids is 1. The monoisotopic (exact) mass is 929 g/mol. The summed E-state index contributed by atoms with van der Waals surface area (Å²) in [5, 5.41) is 80.4. The van der Waals surface area contributed by atoms with Crippen molar-refractivity contribution in [2.45, 2.75) is 192 Å². The second-order valence-corrected chi connectivity index (χ2v) is 26.0. The van der Waals surface area contributed by atoms with Gasteiger partial charge in [-0.2, -0.15) is 0 Å². The highest BCUT2D eigenvalue weighted by Gasteiger charge is 2.79. The summed E-state index contributed by atoms with van der Waals surface area (Å²) in [5.41, 5.74) is 0.875. The van der Waals surface area contributed by atoms with Crippen molar-refractivity contribution in [3.05, 3.63) is 46.1 Å². The minimum Gasteiger partial charge on any atom is -0.393 e. The number of aliphatic hydroxyl groups is 7. The van der Waals surface area contributed by atoms with Gasteiger partial charge in [0, 0.05) is 36.5 Å². The van der Waals surface area contributed by atoms with Crippen LogP contribution in [-0.2, 0) is 44.7 Å². The Labute approximate surface area is 395 Å². The number of ketones is 1. The number of nitrogens with zero attached hydrogens (tertiary/aromatic N) is 2. The van der Waals surface area contributed by atoms with Crippen LogP contribution in [0.4, 0.5) is 0 Å². The number of aliphatic hydroxyl groups excluding tert-OH is 4. The Kier molecular flexibility index (Phi) is 9.65. The van der Waals surface area contributed by atoms with E-state index >= 15 is 0 Å². The van der Waals surface area contributed by atoms with Gasteiger partial charge in [-0.05, 0) is 137 Å². The Balaban J connectivity index is 0.794. The van der Waals surface area contributed by atoms with Crippen molar-refractivity contribution in [3.63, 3.8) is 0 Å². The summed E-state index contributed by atoms with van der Waals surface area (Å²) in [5.74, 6) is -3.04. The number of carbonyl (C=O) groups is 1. The van der Waals surface area contributed by atoms with E-state index in [0.717, 1.165) is 79.7 Å². The van der Waals surface area contributed by atoms with Crippen molar-refractivity contribution in [1.29, 1.82) is 0 Å². The molecule has 8 aliphatic carbocycles. The zero-order valence-corrected chi connectivity index (χ0v) is 40.9. The maximum atomic E-state index is 14.8. The van der Waals surface area contributed by atoms with Crippen molar-refractivity contribution < 1.29 is 54.8 Å². The van der Waals surface area contributed by atoms with Gasteiger partial charge < -0.3 is 50.0 Å². The number of allylic oxidation sites excluding steroid dienone is 1. The molecule has 0 aromatic carbocycles. The maximum Gasteiger partial charge on any atom is 0.201 e. The van der Waals surface area contributed by atoms with Crippen LogP contribution in [0, 0.1) is 74.9 Å². The van der Waals surface area contributed by atoms with Gasteiger partial charge >= 0.3 is 0 Å². The predicted molar refractivity (Wildman–Crippen MR) is 243 cm³/mol. The third-order valence-electron chi connectivity index (χ3n) is 22.5. The lowest BCUT2D eigenvalue weighted by Gasteiger charge is -2.61. The predicted octanol–water partition coefficient (Wildman–Crippen LogP) is 4.46. The van der Waals surface area contributed by atoms with Gasteiger partial charge in [0.15, 0.2) is 5.79 Å². The lowest BCUT2D eigenvalue weighted by Crippen LogP contribution is -2.65. The second-order valence-electron chi connectivity index (χ2n) is 26.0. The van der Waals surface area contributed by atoms with Gasteiger partial charge in [0.05, 0.1) is 58.7 Å². The van der Waals surface area contributed by atoms with E-state index in [0.29, 0.717) is 31.1 Å². The molecular formula is C54H76N2O11. The van der Waals surface area contributed by atoms with E-state index in [1.54, 1.807) is 20.8 Å². The first kappa shape index (κ1) is 45.9. The first-order valence-electron chi connectivity index (χ1n) is 26.0. The van der Waals surface area contributed by atoms with E-state index < -0.39 is 75.5 Å². The normalized spacial score (nSPS) is 54.0. The molecule has 3 saturated heterocycles. The summed E-state index contributed by atoms with van der Waals surface area (Å²) in [6, 6.07) is 0. The van der Waals surface area contributed by atoms with Crippen LogP contribution < -0.4 is 0 Å². The molecule has 7 fully saturated rings. The van der Waals surface area contributed by atoms with E-state index in [9.17, 15) is 40.5 Å². The number of hydrogen-bond acceptors (Lipinski definition) is 13. The lowest BCUT2D eigenvalue weighted by atomic mass is 9.44. The highest BCUT2D eigenvalue weighted by molar-refractivity contribution is 5.91. The molecule has 4 saturated carbocycles. The third kappa shape index (κ3) is 5.60. The molecule has 21 atom stereocenters. The molecule has 67 heavy (non-hydrogen) atoms. The highest BCUT2D eigenvalue weighted by atomic mass is 16.7. The summed E-state index contributed by atoms with van der Waals surface area (Å²) in [6.45, 7) is 15.3. The first-order valence-corrected chi connectivity index (χ1v) is 26.0. The molecule has 368 valence electrons. The van der Waals surface area contributed by atoms with E-state index in [4.69, 9.17) is 24.2 Å². The second kappa shape index (κ2) is 14.1. The van der Waals surface area contributed by atoms with Crippen LogP contribution in [-0.4, -0.2) is 118 Å². The average molecular weight is 929 g/mol. The average Bonchev–Trinajstić information content (AvgIpc) is 3.92. The van der Waals surface area contributed by atoms with E-state index in [1.165, 1.54) is 5.57 Å². The molecule has 0 amide bonds. The number of fused-ring (bicyclic) bond motifs is 13. The van der Waals surface area contributed by atoms with Gasteiger partial charge in [-0.1, -0.05) is 57.9 Å². The third-order valence-corrected chi connectivity index (χ3v) is 22.5. The Morgan fingerprint density at radius 3 is 2.04 bits per heavy atom. The van der Waals surface area contributed by atoms with E-state index in [1.807, 2.05) is 20.8 Å². The van der Waals surface area contributed by atoms with Crippen LogP contribution in [0.25, 0.3) is 0 Å². The molecular weight excluding hydrogens is 853 g/mol. The summed E-state index contributed by atoms with van der Waals surface area (Å²) < 4.78 is 19.3. The van der Waals surface area contributed by atoms with Crippen LogP contribution in [0.5, 0.6) is 0 Å². The zero-order valence-electron chi connectivity index (χ0n) is 40.9. The lowest BCUT2D eigenvalue weighted by molar-refractivity contribution is -0.331. The zero-order chi connectivity index (χ0) is 47.6. The SMILES string of the molecule is C[C@@H]1[C@H]2CC=C3[C@@H]4CC[C@H]5Cc6nc7c(nc6C[C@]5(C)[C@H]4CC(=O)[C@@]32COC1(O)[C@H](O)CC(C)(C)O)C[C@@H]1CC[C@H]2C3=C[C@@H]4O[C@]5(O[C@](C)(CO)C[C@H]5O)[C@@H](C)[C@]4(O)[C@@]3(C)[C@H](O)C[C@@H]2[C@@]1(C)C7. The molecule has 2 spiro atoms. The fraction of sp³-hybridized carbons (Fsp3) is 0.833. The standard InChI is InChI=1S/C54H76N2O11/c1-26-32-13-14-33-30-11-9-28-15-37-40(21-49(28,7)35(30)18-42(59)51(32,33)25-65-53(26,64)43(60)22-46(3,4)62)56-38-16-29-10-12-31-34(48(29,6)20-39(38)55-37)17-41(58)50(8)36(31)19-45-52(50,63)27(2)54(66-45)44(61)23-47(5,24-57)67-54/h14,19,26-32,34-35,41,43-45,57-58,60-64H,9-13,15-18,20-25H2,1-8H3/t26-,27+,28+,29+,30+,31-,32-,34+,35+,41-,43-,44-,45+,47+,48+,49+,50-,51-,52-,53?,54+/m1/s1. The van der Waals surface area contributed by atoms with Crippen molar-refractivity contribution in [2.75, 3.05) is 13.2 Å². The van der Waals surface area contributed by atoms with Gasteiger partial charge in [-0.3, -0.25) is 14.8 Å². The van der Waals surface area contributed by atoms with Gasteiger partial charge in [0.1, 0.15) is 29.7 Å². The number of Topliss-reactive ketones (excluding diaryl/α,β-unsaturated/α-hetero) is 1. The van der Waals surface area contributed by atoms with E-state index in [-0.39, 0.29) is 72.3 Å². The molecule has 0 radical (unpaired) electrons. The minimum atomic E-state index is -1.85. The Bertz CT molecular complexity index is 2370. The molecule has 12 rings (SSSR count). The molecule has 11 aliphatic rings. The molecule has 1 unspecified atom stereocenters. The van der Waals surface area contributed by atoms with Crippen LogP contribution >= 0.6 is 0 Å². The largest absolute Gasteiger partial charge is 0.393 e. The number of hydrogen-bond donors (Lipinski definition) is 7. The fourth-order valence-corrected chi connectivity index (χ4v) is 18.6. The van der Waals surface area contributed by atoms with Gasteiger partial charge in [0.2, 0.25) is 5.79 Å². The van der Waals surface area contributed by atoms with Gasteiger partial charge in [0.25, 0.3) is 0 Å². The fourth-order valence-electron chi connectivity index (χ4n) is 18.6. The topological polar surface area (TPSA) is 212 Å². The first-order chi connectivity index (χ1) is 31.3. The number of ether oxygens (including phenoxy) is 3. The summed E-state index contributed by atoms with van der Waals surface area (Å²) in [7, 11) is 0. The van der Waals surface area contributed by atoms with Crippen molar-refractivity contribution in [1.82, 2.24) is 9.97 Å². The van der Waals surface area contributed by atoms with Crippen LogP contribution in [0.15, 0.2) is 23.3 Å². The molecule has 13 heteroatoms.